The molecule has 4 rings (SSSR count). The minimum Gasteiger partial charge on any atom is -0.508 e. The van der Waals surface area contributed by atoms with Crippen molar-refractivity contribution in [2.75, 3.05) is 23.9 Å². The molecule has 0 unspecified atom stereocenters. The van der Waals surface area contributed by atoms with Crippen LogP contribution in [0.3, 0.4) is 0 Å². The van der Waals surface area contributed by atoms with Gasteiger partial charge in [0.1, 0.15) is 11.3 Å². The van der Waals surface area contributed by atoms with Gasteiger partial charge in [0, 0.05) is 5.69 Å². The van der Waals surface area contributed by atoms with Gasteiger partial charge in [-0.25, -0.2) is 9.69 Å². The van der Waals surface area contributed by atoms with Crippen LogP contribution in [0.4, 0.5) is 16.2 Å². The lowest BCUT2D eigenvalue weighted by Gasteiger charge is -2.26. The fourth-order valence-corrected chi connectivity index (χ4v) is 4.35. The Hall–Kier alpha value is -4.64. The van der Waals surface area contributed by atoms with Crippen LogP contribution < -0.4 is 25.0 Å². The van der Waals surface area contributed by atoms with Crippen LogP contribution in [-0.4, -0.2) is 42.6 Å². The number of aromatic hydroxyl groups is 1. The summed E-state index contributed by atoms with van der Waals surface area (Å²) < 4.78 is 11.5. The number of amides is 5. The Bertz CT molecular complexity index is 1520. The molecule has 5 amide bonds. The zero-order valence-corrected chi connectivity index (χ0v) is 22.8. The molecule has 1 aliphatic heterocycles. The van der Waals surface area contributed by atoms with Gasteiger partial charge in [-0.1, -0.05) is 6.07 Å². The minimum absolute atomic E-state index is 0.0440. The van der Waals surface area contributed by atoms with Gasteiger partial charge >= 0.3 is 6.03 Å². The Kier molecular flexibility index (Phi) is 8.01. The molecule has 1 aliphatic rings. The van der Waals surface area contributed by atoms with E-state index in [-0.39, 0.29) is 41.0 Å². The number of barbiturate groups is 1. The van der Waals surface area contributed by atoms with Gasteiger partial charge in [0.2, 0.25) is 0 Å². The number of rotatable bonds is 7. The number of urea groups is 1. The van der Waals surface area contributed by atoms with Gasteiger partial charge in [-0.2, -0.15) is 0 Å². The van der Waals surface area contributed by atoms with E-state index in [0.717, 1.165) is 16.0 Å². The van der Waals surface area contributed by atoms with Crippen LogP contribution in [0.2, 0.25) is 0 Å². The van der Waals surface area contributed by atoms with Gasteiger partial charge in [-0.3, -0.25) is 19.7 Å². The number of halogens is 1. The molecule has 3 N–H and O–H groups in total. The van der Waals surface area contributed by atoms with E-state index in [9.17, 15) is 24.3 Å². The summed E-state index contributed by atoms with van der Waals surface area (Å²) >= 11 is 3.39. The summed E-state index contributed by atoms with van der Waals surface area (Å²) in [4.78, 5) is 51.3. The average molecular weight is 594 g/mol. The lowest BCUT2D eigenvalue weighted by atomic mass is 10.1. The van der Waals surface area contributed by atoms with Crippen LogP contribution in [0.1, 0.15) is 16.7 Å². The van der Waals surface area contributed by atoms with Crippen molar-refractivity contribution >= 4 is 57.1 Å². The third kappa shape index (κ3) is 6.10. The normalized spacial score (nSPS) is 14.3. The second-order valence-corrected chi connectivity index (χ2v) is 9.50. The van der Waals surface area contributed by atoms with Crippen molar-refractivity contribution < 1.29 is 33.8 Å². The van der Waals surface area contributed by atoms with Gasteiger partial charge in [-0.15, -0.1) is 0 Å². The molecule has 0 radical (unpaired) electrons. The van der Waals surface area contributed by atoms with Crippen LogP contribution in [0.25, 0.3) is 6.08 Å². The fourth-order valence-electron chi connectivity index (χ4n) is 3.78. The first kappa shape index (κ1) is 27.4. The summed E-state index contributed by atoms with van der Waals surface area (Å²) in [6.07, 6.45) is 1.31. The highest BCUT2D eigenvalue weighted by molar-refractivity contribution is 9.10. The van der Waals surface area contributed by atoms with Crippen molar-refractivity contribution in [3.8, 4) is 17.2 Å². The smallest absolute Gasteiger partial charge is 0.335 e. The molecular weight excluding hydrogens is 570 g/mol. The van der Waals surface area contributed by atoms with Gasteiger partial charge in [0.15, 0.2) is 18.1 Å². The minimum atomic E-state index is -0.908. The molecule has 3 aromatic rings. The third-order valence-corrected chi connectivity index (χ3v) is 6.50. The Morgan fingerprint density at radius 1 is 1.05 bits per heavy atom. The first-order valence-corrected chi connectivity index (χ1v) is 12.4. The number of phenolic OH excluding ortho intramolecular Hbond substituents is 1. The monoisotopic (exact) mass is 593 g/mol. The number of hydrogen-bond acceptors (Lipinski definition) is 7. The summed E-state index contributed by atoms with van der Waals surface area (Å²) in [7, 11) is 1.41. The highest BCUT2D eigenvalue weighted by atomic mass is 79.9. The van der Waals surface area contributed by atoms with Crippen LogP contribution in [0.15, 0.2) is 64.6 Å². The second kappa shape index (κ2) is 11.4. The number of nitrogens with zero attached hydrogens (tertiary/aromatic N) is 1. The highest BCUT2D eigenvalue weighted by Gasteiger charge is 2.36. The van der Waals surface area contributed by atoms with Crippen LogP contribution in [-0.2, 0) is 14.4 Å². The third-order valence-electron chi connectivity index (χ3n) is 5.91. The maximum absolute atomic E-state index is 13.1. The SMILES string of the molecule is COc1cc(/C=C2/C(=O)NC(=O)N(c3ccc(O)cc3)C2=O)cc(Br)c1OCC(=O)Nc1ccc(C)c(C)c1. The average Bonchev–Trinajstić information content (AvgIpc) is 2.88. The molecule has 11 heteroatoms. The first-order valence-electron chi connectivity index (χ1n) is 11.7. The zero-order valence-electron chi connectivity index (χ0n) is 21.2. The van der Waals surface area contributed by atoms with Crippen molar-refractivity contribution in [1.29, 1.82) is 0 Å². The van der Waals surface area contributed by atoms with E-state index in [1.54, 1.807) is 12.1 Å². The topological polar surface area (TPSA) is 134 Å². The summed E-state index contributed by atoms with van der Waals surface area (Å²) in [6, 6.07) is 13.2. The molecule has 0 bridgehead atoms. The number of anilines is 2. The number of ether oxygens (including phenoxy) is 2. The molecule has 0 spiro atoms. The fraction of sp³-hybridized carbons (Fsp3) is 0.143. The number of imide groups is 2. The molecule has 39 heavy (non-hydrogen) atoms. The van der Waals surface area contributed by atoms with E-state index >= 15 is 0 Å². The number of benzene rings is 3. The second-order valence-electron chi connectivity index (χ2n) is 8.64. The molecule has 10 nitrogen and oxygen atoms in total. The van der Waals surface area contributed by atoms with Crippen molar-refractivity contribution in [3.05, 3.63) is 81.3 Å². The van der Waals surface area contributed by atoms with Crippen LogP contribution in [0, 0.1) is 13.8 Å². The first-order chi connectivity index (χ1) is 18.6. The van der Waals surface area contributed by atoms with Crippen LogP contribution in [0.5, 0.6) is 17.2 Å². The molecule has 200 valence electrons. The molecule has 0 aromatic heterocycles. The van der Waals surface area contributed by atoms with Gasteiger partial charge in [-0.05, 0) is 101 Å². The lowest BCUT2D eigenvalue weighted by Crippen LogP contribution is -2.54. The summed E-state index contributed by atoms with van der Waals surface area (Å²) in [6.45, 7) is 3.63. The maximum Gasteiger partial charge on any atom is 0.335 e. The highest BCUT2D eigenvalue weighted by Crippen LogP contribution is 2.37. The van der Waals surface area contributed by atoms with Crippen molar-refractivity contribution in [2.45, 2.75) is 13.8 Å². The number of phenols is 1. The van der Waals surface area contributed by atoms with Crippen molar-refractivity contribution in [1.82, 2.24) is 5.32 Å². The van der Waals surface area contributed by atoms with E-state index in [2.05, 4.69) is 26.6 Å². The number of aryl methyl sites for hydroxylation is 2. The summed E-state index contributed by atoms with van der Waals surface area (Å²) in [5.41, 5.74) is 3.08. The lowest BCUT2D eigenvalue weighted by molar-refractivity contribution is -0.122. The van der Waals surface area contributed by atoms with E-state index in [1.807, 2.05) is 26.0 Å². The van der Waals surface area contributed by atoms with E-state index in [4.69, 9.17) is 9.47 Å². The standard InChI is InChI=1S/C28H24BrN3O7/c1-15-4-5-18(10-16(15)2)30-24(34)14-39-25-22(29)12-17(13-23(25)38-3)11-21-26(35)31-28(37)32(27(21)36)19-6-8-20(33)9-7-19/h4-13,33H,14H2,1-3H3,(H,30,34)(H,31,35,37)/b21-11-. The maximum atomic E-state index is 13.1. The predicted octanol–water partition coefficient (Wildman–Crippen LogP) is 4.46. The molecule has 0 atom stereocenters. The van der Waals surface area contributed by atoms with Gasteiger partial charge in [0.05, 0.1) is 17.3 Å². The number of carbonyl (C=O) groups excluding carboxylic acids is 4. The van der Waals surface area contributed by atoms with E-state index in [1.165, 1.54) is 43.5 Å². The Balaban J connectivity index is 1.54. The zero-order chi connectivity index (χ0) is 28.3. The Labute approximate surface area is 232 Å². The molecule has 0 aliphatic carbocycles. The number of methoxy groups -OCH3 is 1. The number of nitrogens with one attached hydrogen (secondary N) is 2. The van der Waals surface area contributed by atoms with Crippen LogP contribution >= 0.6 is 15.9 Å². The molecular formula is C28H24BrN3O7. The largest absolute Gasteiger partial charge is 0.508 e. The van der Waals surface area contributed by atoms with Crippen molar-refractivity contribution in [2.24, 2.45) is 0 Å². The Morgan fingerprint density at radius 3 is 2.44 bits per heavy atom. The predicted molar refractivity (Wildman–Crippen MR) is 148 cm³/mol. The molecule has 3 aromatic carbocycles. The van der Waals surface area contributed by atoms with E-state index in [0.29, 0.717) is 15.7 Å². The van der Waals surface area contributed by atoms with Gasteiger partial charge < -0.3 is 19.9 Å². The molecule has 1 heterocycles. The molecule has 1 saturated heterocycles. The number of hydrogen-bond donors (Lipinski definition) is 3. The van der Waals surface area contributed by atoms with E-state index < -0.39 is 17.8 Å². The van der Waals surface area contributed by atoms with Crippen molar-refractivity contribution in [3.63, 3.8) is 0 Å². The van der Waals surface area contributed by atoms with Gasteiger partial charge in [0.25, 0.3) is 17.7 Å². The quantitative estimate of drug-likeness (QED) is 0.272. The molecule has 0 saturated carbocycles. The number of carbonyl (C=O) groups is 4. The summed E-state index contributed by atoms with van der Waals surface area (Å²) in [5.74, 6) is -1.63. The Morgan fingerprint density at radius 2 is 1.77 bits per heavy atom. The summed E-state index contributed by atoms with van der Waals surface area (Å²) in [5, 5.41) is 14.4. The molecule has 1 fully saturated rings.